The van der Waals surface area contributed by atoms with Crippen LogP contribution in [0.3, 0.4) is 0 Å². The smallest absolute Gasteiger partial charge is 0.338 e. The van der Waals surface area contributed by atoms with E-state index < -0.39 is 18.5 Å². The van der Waals surface area contributed by atoms with Gasteiger partial charge in [-0.2, -0.15) is 0 Å². The molecule has 0 heterocycles. The lowest BCUT2D eigenvalue weighted by Crippen LogP contribution is -2.31. The second-order valence-electron chi connectivity index (χ2n) is 5.63. The molecule has 1 N–H and O–H groups in total. The lowest BCUT2D eigenvalue weighted by Gasteiger charge is -2.18. The van der Waals surface area contributed by atoms with Crippen LogP contribution < -0.4 is 14.8 Å². The van der Waals surface area contributed by atoms with Crippen molar-refractivity contribution in [2.75, 3.05) is 20.8 Å². The van der Waals surface area contributed by atoms with E-state index >= 15 is 0 Å². The average molecular weight is 412 g/mol. The highest BCUT2D eigenvalue weighted by Crippen LogP contribution is 2.29. The fourth-order valence-corrected chi connectivity index (χ4v) is 2.95. The molecule has 0 saturated carbocycles. The van der Waals surface area contributed by atoms with Crippen molar-refractivity contribution in [1.29, 1.82) is 0 Å². The fraction of sp³-hybridized carbons (Fsp3) is 0.263. The van der Waals surface area contributed by atoms with Gasteiger partial charge < -0.3 is 19.5 Å². The molecule has 2 aromatic carbocycles. The van der Waals surface area contributed by atoms with Crippen molar-refractivity contribution in [3.8, 4) is 11.5 Å². The molecule has 8 heteroatoms. The van der Waals surface area contributed by atoms with E-state index in [-0.39, 0.29) is 11.6 Å². The number of halogens is 2. The summed E-state index contributed by atoms with van der Waals surface area (Å²) in [5.41, 5.74) is 0.904. The minimum atomic E-state index is -0.693. The lowest BCUT2D eigenvalue weighted by molar-refractivity contribution is -0.124. The van der Waals surface area contributed by atoms with Crippen molar-refractivity contribution in [3.05, 3.63) is 57.6 Å². The largest absolute Gasteiger partial charge is 0.497 e. The highest BCUT2D eigenvalue weighted by Gasteiger charge is 2.17. The molecule has 2 rings (SSSR count). The fourth-order valence-electron chi connectivity index (χ4n) is 2.42. The van der Waals surface area contributed by atoms with Gasteiger partial charge >= 0.3 is 5.97 Å². The third-order valence-electron chi connectivity index (χ3n) is 3.71. The topological polar surface area (TPSA) is 73.9 Å². The molecular formula is C19H19Cl2NO5. The van der Waals surface area contributed by atoms with Gasteiger partial charge in [-0.05, 0) is 43.3 Å². The summed E-state index contributed by atoms with van der Waals surface area (Å²) in [6, 6.07) is 9.21. The molecule has 0 aliphatic heterocycles. The molecule has 0 fully saturated rings. The number of amides is 1. The standard InChI is InChI=1S/C19H19Cl2NO5/c1-11(16-9-15(25-2)4-5-17(16)26-3)22-18(23)10-27-19(24)12-6-13(20)8-14(21)7-12/h4-9,11H,10H2,1-3H3,(H,22,23)/t11-/m0/s1. The van der Waals surface area contributed by atoms with Crippen LogP contribution in [0.4, 0.5) is 0 Å². The molecule has 1 atom stereocenters. The van der Waals surface area contributed by atoms with E-state index in [1.54, 1.807) is 32.2 Å². The molecule has 0 aliphatic carbocycles. The Bertz CT molecular complexity index is 821. The van der Waals surface area contributed by atoms with Gasteiger partial charge in [-0.3, -0.25) is 4.79 Å². The minimum absolute atomic E-state index is 0.169. The molecule has 0 saturated heterocycles. The van der Waals surface area contributed by atoms with Gasteiger partial charge in [0.15, 0.2) is 6.61 Å². The van der Waals surface area contributed by atoms with Gasteiger partial charge in [0.1, 0.15) is 11.5 Å². The highest BCUT2D eigenvalue weighted by molar-refractivity contribution is 6.35. The monoisotopic (exact) mass is 411 g/mol. The van der Waals surface area contributed by atoms with Crippen LogP contribution in [0.25, 0.3) is 0 Å². The first-order valence-electron chi connectivity index (χ1n) is 7.98. The number of ether oxygens (including phenoxy) is 3. The molecular weight excluding hydrogens is 393 g/mol. The van der Waals surface area contributed by atoms with Crippen LogP contribution in [0.2, 0.25) is 10.0 Å². The number of nitrogens with one attached hydrogen (secondary N) is 1. The van der Waals surface area contributed by atoms with Crippen LogP contribution >= 0.6 is 23.2 Å². The Hall–Kier alpha value is -2.44. The summed E-state index contributed by atoms with van der Waals surface area (Å²) in [4.78, 5) is 24.2. The summed E-state index contributed by atoms with van der Waals surface area (Å²) in [5, 5.41) is 3.35. The highest BCUT2D eigenvalue weighted by atomic mass is 35.5. The number of benzene rings is 2. The van der Waals surface area contributed by atoms with E-state index in [1.807, 2.05) is 0 Å². The average Bonchev–Trinajstić information content (AvgIpc) is 2.64. The second-order valence-corrected chi connectivity index (χ2v) is 6.50. The van der Waals surface area contributed by atoms with Crippen molar-refractivity contribution in [2.24, 2.45) is 0 Å². The Kier molecular flexibility index (Phi) is 7.33. The number of hydrogen-bond donors (Lipinski definition) is 1. The Morgan fingerprint density at radius 3 is 2.30 bits per heavy atom. The number of methoxy groups -OCH3 is 2. The van der Waals surface area contributed by atoms with Crippen LogP contribution in [0.1, 0.15) is 28.9 Å². The molecule has 1 amide bonds. The SMILES string of the molecule is COc1ccc(OC)c([C@H](C)NC(=O)COC(=O)c2cc(Cl)cc(Cl)c2)c1. The molecule has 0 radical (unpaired) electrons. The van der Waals surface area contributed by atoms with Gasteiger partial charge in [0.05, 0.1) is 25.8 Å². The first kappa shape index (κ1) is 20.9. The second kappa shape index (κ2) is 9.48. The number of carbonyl (C=O) groups is 2. The van der Waals surface area contributed by atoms with Crippen molar-refractivity contribution in [2.45, 2.75) is 13.0 Å². The Balaban J connectivity index is 1.98. The van der Waals surface area contributed by atoms with Crippen molar-refractivity contribution in [1.82, 2.24) is 5.32 Å². The van der Waals surface area contributed by atoms with Crippen LogP contribution in [0.5, 0.6) is 11.5 Å². The van der Waals surface area contributed by atoms with E-state index in [0.29, 0.717) is 21.5 Å². The maximum Gasteiger partial charge on any atom is 0.338 e. The summed E-state index contributed by atoms with van der Waals surface area (Å²) in [5.74, 6) is 0.0836. The third kappa shape index (κ3) is 5.77. The van der Waals surface area contributed by atoms with E-state index in [9.17, 15) is 9.59 Å². The summed E-state index contributed by atoms with van der Waals surface area (Å²) >= 11 is 11.7. The van der Waals surface area contributed by atoms with Crippen LogP contribution in [-0.2, 0) is 9.53 Å². The molecule has 2 aromatic rings. The number of hydrogen-bond acceptors (Lipinski definition) is 5. The quantitative estimate of drug-likeness (QED) is 0.695. The van der Waals surface area contributed by atoms with Gasteiger partial charge in [0, 0.05) is 15.6 Å². The summed E-state index contributed by atoms with van der Waals surface area (Å²) in [7, 11) is 3.09. The van der Waals surface area contributed by atoms with Crippen LogP contribution in [0.15, 0.2) is 36.4 Å². The minimum Gasteiger partial charge on any atom is -0.497 e. The van der Waals surface area contributed by atoms with Gasteiger partial charge in [-0.1, -0.05) is 23.2 Å². The van der Waals surface area contributed by atoms with E-state index in [2.05, 4.69) is 5.32 Å². The zero-order valence-corrected chi connectivity index (χ0v) is 16.6. The zero-order valence-electron chi connectivity index (χ0n) is 15.0. The Labute approximate surface area is 167 Å². The summed E-state index contributed by atoms with van der Waals surface area (Å²) in [6.45, 7) is 1.34. The molecule has 0 unspecified atom stereocenters. The Morgan fingerprint density at radius 1 is 1.04 bits per heavy atom. The van der Waals surface area contributed by atoms with Gasteiger partial charge in [-0.25, -0.2) is 4.79 Å². The van der Waals surface area contributed by atoms with E-state index in [1.165, 1.54) is 25.3 Å². The predicted octanol–water partition coefficient (Wildman–Crippen LogP) is 4.04. The number of carbonyl (C=O) groups excluding carboxylic acids is 2. The molecule has 0 bridgehead atoms. The normalized spacial score (nSPS) is 11.4. The third-order valence-corrected chi connectivity index (χ3v) is 4.15. The van der Waals surface area contributed by atoms with Crippen molar-refractivity contribution < 1.29 is 23.8 Å². The zero-order chi connectivity index (χ0) is 20.0. The lowest BCUT2D eigenvalue weighted by atomic mass is 10.1. The van der Waals surface area contributed by atoms with E-state index in [4.69, 9.17) is 37.4 Å². The molecule has 144 valence electrons. The number of rotatable bonds is 7. The maximum absolute atomic E-state index is 12.1. The van der Waals surface area contributed by atoms with Gasteiger partial charge in [0.25, 0.3) is 5.91 Å². The Morgan fingerprint density at radius 2 is 1.70 bits per heavy atom. The van der Waals surface area contributed by atoms with Gasteiger partial charge in [0.2, 0.25) is 0 Å². The molecule has 27 heavy (non-hydrogen) atoms. The van der Waals surface area contributed by atoms with Crippen molar-refractivity contribution >= 4 is 35.1 Å². The molecule has 0 aliphatic rings. The van der Waals surface area contributed by atoms with Crippen LogP contribution in [-0.4, -0.2) is 32.7 Å². The number of esters is 1. The molecule has 0 aromatic heterocycles. The molecule has 6 nitrogen and oxygen atoms in total. The maximum atomic E-state index is 12.1. The van der Waals surface area contributed by atoms with Crippen molar-refractivity contribution in [3.63, 3.8) is 0 Å². The van der Waals surface area contributed by atoms with E-state index in [0.717, 1.165) is 5.56 Å². The van der Waals surface area contributed by atoms with Gasteiger partial charge in [-0.15, -0.1) is 0 Å². The molecule has 0 spiro atoms. The first-order valence-corrected chi connectivity index (χ1v) is 8.74. The summed E-state index contributed by atoms with van der Waals surface area (Å²) < 4.78 is 15.5. The summed E-state index contributed by atoms with van der Waals surface area (Å²) in [6.07, 6.45) is 0. The first-order chi connectivity index (χ1) is 12.8. The van der Waals surface area contributed by atoms with Crippen LogP contribution in [0, 0.1) is 0 Å². The predicted molar refractivity (Wildman–Crippen MR) is 103 cm³/mol.